The van der Waals surface area contributed by atoms with Crippen molar-refractivity contribution in [1.82, 2.24) is 4.98 Å². The molecule has 2 heteroatoms. The summed E-state index contributed by atoms with van der Waals surface area (Å²) >= 11 is 0. The van der Waals surface area contributed by atoms with Crippen molar-refractivity contribution in [3.63, 3.8) is 0 Å². The molecule has 1 saturated carbocycles. The van der Waals surface area contributed by atoms with Crippen LogP contribution in [0.5, 0.6) is 0 Å². The lowest BCUT2D eigenvalue weighted by Crippen LogP contribution is -2.55. The maximum atomic E-state index is 4.20. The van der Waals surface area contributed by atoms with Gasteiger partial charge in [0.1, 0.15) is 8.24 Å². The van der Waals surface area contributed by atoms with E-state index < -0.39 is 8.24 Å². The van der Waals surface area contributed by atoms with Gasteiger partial charge in [-0.2, -0.15) is 0 Å². The Kier molecular flexibility index (Phi) is 4.25. The number of hydrogen-bond donors (Lipinski definition) is 1. The number of allylic oxidation sites excluding steroid dienone is 2. The van der Waals surface area contributed by atoms with Crippen molar-refractivity contribution in [3.05, 3.63) is 40.0 Å². The number of rotatable bonds is 3. The van der Waals surface area contributed by atoms with Crippen LogP contribution in [0.4, 0.5) is 0 Å². The van der Waals surface area contributed by atoms with Gasteiger partial charge in [-0.25, -0.2) is 0 Å². The van der Waals surface area contributed by atoms with Crippen LogP contribution in [0.2, 0.25) is 13.1 Å². The molecule has 0 saturated heterocycles. The molecule has 1 aromatic rings. The Balaban J connectivity index is 1.68. The fourth-order valence-corrected chi connectivity index (χ4v) is 9.48. The summed E-state index contributed by atoms with van der Waals surface area (Å²) in [6, 6.07) is 5.91. The Morgan fingerprint density at radius 3 is 2.29 bits per heavy atom. The van der Waals surface area contributed by atoms with Crippen molar-refractivity contribution >= 4 is 13.8 Å². The first-order valence-corrected chi connectivity index (χ1v) is 13.2. The Morgan fingerprint density at radius 1 is 0.917 bits per heavy atom. The summed E-state index contributed by atoms with van der Waals surface area (Å²) in [5.74, 6) is 0. The molecule has 3 aliphatic rings. The minimum atomic E-state index is -1.55. The first-order valence-electron chi connectivity index (χ1n) is 10.1. The van der Waals surface area contributed by atoms with Crippen LogP contribution >= 0.6 is 0 Å². The molecule has 0 amide bonds. The SMILES string of the molecule is CC1=C(C)C([Si](C)(C)NC2CCCCC2)c2cc3c(cc21)CCC3. The van der Waals surface area contributed by atoms with Crippen LogP contribution in [0.15, 0.2) is 17.7 Å². The summed E-state index contributed by atoms with van der Waals surface area (Å²) in [6.45, 7) is 9.92. The lowest BCUT2D eigenvalue weighted by molar-refractivity contribution is 0.412. The summed E-state index contributed by atoms with van der Waals surface area (Å²) in [4.78, 5) is 4.20. The number of fused-ring (bicyclic) bond motifs is 2. The van der Waals surface area contributed by atoms with Crippen molar-refractivity contribution < 1.29 is 0 Å². The van der Waals surface area contributed by atoms with Crippen molar-refractivity contribution in [2.24, 2.45) is 0 Å². The van der Waals surface area contributed by atoms with Gasteiger partial charge in [0.05, 0.1) is 0 Å². The van der Waals surface area contributed by atoms with E-state index in [4.69, 9.17) is 0 Å². The zero-order valence-electron chi connectivity index (χ0n) is 16.0. The third kappa shape index (κ3) is 2.72. The van der Waals surface area contributed by atoms with E-state index in [0.717, 1.165) is 6.04 Å². The van der Waals surface area contributed by atoms with Gasteiger partial charge in [0.25, 0.3) is 0 Å². The predicted molar refractivity (Wildman–Crippen MR) is 107 cm³/mol. The zero-order valence-corrected chi connectivity index (χ0v) is 17.0. The van der Waals surface area contributed by atoms with Gasteiger partial charge in [0.15, 0.2) is 0 Å². The molecule has 1 fully saturated rings. The van der Waals surface area contributed by atoms with E-state index in [1.54, 1.807) is 33.4 Å². The van der Waals surface area contributed by atoms with E-state index in [9.17, 15) is 0 Å². The maximum Gasteiger partial charge on any atom is 0.131 e. The Hall–Kier alpha value is -0.863. The van der Waals surface area contributed by atoms with Gasteiger partial charge in [0, 0.05) is 11.6 Å². The fourth-order valence-electron chi connectivity index (χ4n) is 5.66. The summed E-state index contributed by atoms with van der Waals surface area (Å²) < 4.78 is 0. The van der Waals surface area contributed by atoms with Crippen LogP contribution in [0, 0.1) is 0 Å². The molecular formula is C22H33NSi. The lowest BCUT2D eigenvalue weighted by atomic mass is 9.96. The molecule has 3 aliphatic carbocycles. The summed E-state index contributed by atoms with van der Waals surface area (Å²) in [5.41, 5.74) is 10.4. The third-order valence-corrected chi connectivity index (χ3v) is 10.2. The molecule has 4 rings (SSSR count). The van der Waals surface area contributed by atoms with Gasteiger partial charge in [-0.05, 0) is 73.8 Å². The second kappa shape index (κ2) is 6.14. The standard InChI is InChI=1S/C22H33NSi/c1-15-16(2)22(24(3,4)23-19-11-6-5-7-12-19)21-14-18-10-8-9-17(18)13-20(15)21/h13-14,19,22-23H,5-12H2,1-4H3. The second-order valence-corrected chi connectivity index (χ2v) is 13.3. The summed E-state index contributed by atoms with van der Waals surface area (Å²) in [7, 11) is -1.55. The largest absolute Gasteiger partial charge is 0.334 e. The van der Waals surface area contributed by atoms with Crippen LogP contribution in [0.25, 0.3) is 5.57 Å². The molecule has 1 aromatic carbocycles. The lowest BCUT2D eigenvalue weighted by Gasteiger charge is -2.38. The molecular weight excluding hydrogens is 306 g/mol. The average molecular weight is 340 g/mol. The molecule has 1 nitrogen and oxygen atoms in total. The van der Waals surface area contributed by atoms with Crippen LogP contribution in [-0.4, -0.2) is 14.3 Å². The quantitative estimate of drug-likeness (QED) is 0.693. The van der Waals surface area contributed by atoms with Crippen molar-refractivity contribution in [2.75, 3.05) is 0 Å². The minimum Gasteiger partial charge on any atom is -0.334 e. The van der Waals surface area contributed by atoms with Gasteiger partial charge >= 0.3 is 0 Å². The van der Waals surface area contributed by atoms with E-state index >= 15 is 0 Å². The van der Waals surface area contributed by atoms with E-state index in [1.807, 2.05) is 0 Å². The van der Waals surface area contributed by atoms with Gasteiger partial charge in [-0.3, -0.25) is 0 Å². The summed E-state index contributed by atoms with van der Waals surface area (Å²) in [5, 5.41) is 0. The van der Waals surface area contributed by atoms with Crippen molar-refractivity contribution in [3.8, 4) is 0 Å². The molecule has 1 atom stereocenters. The Bertz CT molecular complexity index is 679. The summed E-state index contributed by atoms with van der Waals surface area (Å²) in [6.07, 6.45) is 11.0. The van der Waals surface area contributed by atoms with E-state index in [-0.39, 0.29) is 0 Å². The highest BCUT2D eigenvalue weighted by molar-refractivity contribution is 6.77. The number of nitrogens with one attached hydrogen (secondary N) is 1. The van der Waals surface area contributed by atoms with Crippen molar-refractivity contribution in [2.45, 2.75) is 89.9 Å². The highest BCUT2D eigenvalue weighted by Gasteiger charge is 2.41. The van der Waals surface area contributed by atoms with Gasteiger partial charge < -0.3 is 4.98 Å². The molecule has 130 valence electrons. The number of benzene rings is 1. The van der Waals surface area contributed by atoms with Gasteiger partial charge in [-0.1, -0.05) is 50.1 Å². The van der Waals surface area contributed by atoms with Crippen molar-refractivity contribution in [1.29, 1.82) is 0 Å². The molecule has 1 unspecified atom stereocenters. The Morgan fingerprint density at radius 2 is 1.58 bits per heavy atom. The van der Waals surface area contributed by atoms with Gasteiger partial charge in [0.2, 0.25) is 0 Å². The van der Waals surface area contributed by atoms with Crippen LogP contribution < -0.4 is 4.98 Å². The predicted octanol–water partition coefficient (Wildman–Crippen LogP) is 5.73. The average Bonchev–Trinajstić information content (AvgIpc) is 3.09. The van der Waals surface area contributed by atoms with Crippen LogP contribution in [0.3, 0.4) is 0 Å². The molecule has 1 N–H and O–H groups in total. The molecule has 0 radical (unpaired) electrons. The minimum absolute atomic E-state index is 0.667. The molecule has 24 heavy (non-hydrogen) atoms. The van der Waals surface area contributed by atoms with E-state index in [1.165, 1.54) is 51.4 Å². The van der Waals surface area contributed by atoms with Crippen LogP contribution in [0.1, 0.15) is 80.2 Å². The second-order valence-electron chi connectivity index (χ2n) is 9.00. The molecule has 0 aliphatic heterocycles. The van der Waals surface area contributed by atoms with E-state index in [2.05, 4.69) is 44.1 Å². The normalized spacial score (nSPS) is 24.4. The number of aryl methyl sites for hydroxylation is 2. The highest BCUT2D eigenvalue weighted by atomic mass is 28.3. The molecule has 0 heterocycles. The Labute approximate surface area is 149 Å². The molecule has 0 spiro atoms. The monoisotopic (exact) mass is 339 g/mol. The third-order valence-electron chi connectivity index (χ3n) is 6.91. The molecule has 0 aromatic heterocycles. The maximum absolute atomic E-state index is 4.20. The highest BCUT2D eigenvalue weighted by Crippen LogP contribution is 2.47. The van der Waals surface area contributed by atoms with Gasteiger partial charge in [-0.15, -0.1) is 0 Å². The molecule has 0 bridgehead atoms. The first kappa shape index (κ1) is 16.6. The van der Waals surface area contributed by atoms with E-state index in [0.29, 0.717) is 5.54 Å². The zero-order chi connectivity index (χ0) is 16.9. The topological polar surface area (TPSA) is 12.0 Å². The fraction of sp³-hybridized carbons (Fsp3) is 0.636. The smallest absolute Gasteiger partial charge is 0.131 e. The first-order chi connectivity index (χ1) is 11.5. The van der Waals surface area contributed by atoms with Crippen LogP contribution in [-0.2, 0) is 12.8 Å². The number of hydrogen-bond acceptors (Lipinski definition) is 1.